The molecule has 0 aromatic carbocycles. The summed E-state index contributed by atoms with van der Waals surface area (Å²) in [5.74, 6) is -1.24. The van der Waals surface area contributed by atoms with Crippen LogP contribution in [-0.4, -0.2) is 46.0 Å². The van der Waals surface area contributed by atoms with Crippen molar-refractivity contribution in [2.75, 3.05) is 13.1 Å². The highest BCUT2D eigenvalue weighted by molar-refractivity contribution is 7.10. The van der Waals surface area contributed by atoms with Gasteiger partial charge in [0.25, 0.3) is 0 Å². The predicted octanol–water partition coefficient (Wildman–Crippen LogP) is 2.58. The van der Waals surface area contributed by atoms with Gasteiger partial charge in [0.05, 0.1) is 12.0 Å². The Balaban J connectivity index is 1.76. The van der Waals surface area contributed by atoms with E-state index in [0.717, 1.165) is 6.42 Å². The van der Waals surface area contributed by atoms with Gasteiger partial charge in [-0.15, -0.1) is 11.3 Å². The minimum atomic E-state index is -0.801. The number of carboxylic acid groups (broad SMARTS) is 1. The minimum absolute atomic E-state index is 0.0180. The van der Waals surface area contributed by atoms with E-state index in [1.807, 2.05) is 11.8 Å². The van der Waals surface area contributed by atoms with Crippen molar-refractivity contribution in [3.8, 4) is 0 Å². The van der Waals surface area contributed by atoms with Crippen molar-refractivity contribution in [1.82, 2.24) is 9.80 Å². The first kappa shape index (κ1) is 14.4. The molecule has 0 saturated carbocycles. The highest BCUT2D eigenvalue weighted by Gasteiger charge is 2.41. The van der Waals surface area contributed by atoms with Crippen molar-refractivity contribution in [2.45, 2.75) is 38.8 Å². The molecule has 3 atom stereocenters. The van der Waals surface area contributed by atoms with Gasteiger partial charge in [0.1, 0.15) is 0 Å². The average Bonchev–Trinajstić information content (AvgIpc) is 3.05. The number of carbonyl (C=O) groups excluding carboxylic acids is 1. The number of rotatable bonds is 1. The Morgan fingerprint density at radius 2 is 2.05 bits per heavy atom. The zero-order valence-electron chi connectivity index (χ0n) is 12.3. The molecule has 3 unspecified atom stereocenters. The Morgan fingerprint density at radius 3 is 2.71 bits per heavy atom. The van der Waals surface area contributed by atoms with Crippen LogP contribution in [0.3, 0.4) is 0 Å². The lowest BCUT2D eigenvalue weighted by Gasteiger charge is -2.37. The number of likely N-dealkylation sites (tertiary alicyclic amines) is 1. The maximum absolute atomic E-state index is 12.8. The van der Waals surface area contributed by atoms with Gasteiger partial charge in [0, 0.05) is 24.0 Å². The highest BCUT2D eigenvalue weighted by atomic mass is 32.1. The van der Waals surface area contributed by atoms with E-state index in [0.29, 0.717) is 19.5 Å². The first-order valence-electron chi connectivity index (χ1n) is 7.37. The fourth-order valence-corrected chi connectivity index (χ4v) is 4.44. The van der Waals surface area contributed by atoms with E-state index in [-0.39, 0.29) is 18.1 Å². The van der Waals surface area contributed by atoms with E-state index in [9.17, 15) is 14.7 Å². The van der Waals surface area contributed by atoms with Gasteiger partial charge >= 0.3 is 12.0 Å². The molecule has 1 saturated heterocycles. The summed E-state index contributed by atoms with van der Waals surface area (Å²) >= 11 is 1.75. The molecule has 2 aliphatic heterocycles. The van der Waals surface area contributed by atoms with Crippen molar-refractivity contribution in [1.29, 1.82) is 0 Å². The molecule has 3 heterocycles. The molecule has 21 heavy (non-hydrogen) atoms. The van der Waals surface area contributed by atoms with Crippen molar-refractivity contribution in [3.05, 3.63) is 21.9 Å². The van der Waals surface area contributed by atoms with E-state index in [1.54, 1.807) is 16.2 Å². The number of urea groups is 1. The van der Waals surface area contributed by atoms with Crippen LogP contribution in [0.1, 0.15) is 36.8 Å². The summed E-state index contributed by atoms with van der Waals surface area (Å²) in [6.45, 7) is 5.15. The summed E-state index contributed by atoms with van der Waals surface area (Å²) in [6.07, 6.45) is 1.45. The average molecular weight is 308 g/mol. The number of thiophene rings is 1. The standard InChI is InChI=1S/C15H20N2O3S/c1-9-11-5-8-21-13(11)4-7-17(9)15(20)16-6-3-12(10(16)2)14(18)19/h5,8-10,12H,3-4,6-7H2,1-2H3,(H,18,19). The third kappa shape index (κ3) is 2.31. The monoisotopic (exact) mass is 308 g/mol. The number of carbonyl (C=O) groups is 2. The van der Waals surface area contributed by atoms with Crippen molar-refractivity contribution >= 4 is 23.3 Å². The van der Waals surface area contributed by atoms with E-state index in [1.165, 1.54) is 10.4 Å². The smallest absolute Gasteiger partial charge is 0.320 e. The Labute approximate surface area is 128 Å². The van der Waals surface area contributed by atoms with Crippen molar-refractivity contribution in [2.24, 2.45) is 5.92 Å². The number of hydrogen-bond donors (Lipinski definition) is 1. The number of hydrogen-bond acceptors (Lipinski definition) is 3. The van der Waals surface area contributed by atoms with Gasteiger partial charge in [-0.2, -0.15) is 0 Å². The Kier molecular flexibility index (Phi) is 3.65. The molecule has 1 fully saturated rings. The third-order valence-electron chi connectivity index (χ3n) is 4.84. The van der Waals surface area contributed by atoms with E-state index in [2.05, 4.69) is 18.4 Å². The zero-order valence-corrected chi connectivity index (χ0v) is 13.1. The number of carboxylic acids is 1. The molecular formula is C15H20N2O3S. The number of fused-ring (bicyclic) bond motifs is 1. The second-order valence-electron chi connectivity index (χ2n) is 5.87. The van der Waals surface area contributed by atoms with Crippen molar-refractivity contribution in [3.63, 3.8) is 0 Å². The predicted molar refractivity (Wildman–Crippen MR) is 80.5 cm³/mol. The van der Waals surface area contributed by atoms with Crippen LogP contribution in [0.2, 0.25) is 0 Å². The lowest BCUT2D eigenvalue weighted by Crippen LogP contribution is -2.48. The maximum Gasteiger partial charge on any atom is 0.320 e. The summed E-state index contributed by atoms with van der Waals surface area (Å²) < 4.78 is 0. The summed E-state index contributed by atoms with van der Waals surface area (Å²) in [6, 6.07) is 1.92. The molecule has 2 amide bonds. The van der Waals surface area contributed by atoms with Crippen LogP contribution in [0.25, 0.3) is 0 Å². The van der Waals surface area contributed by atoms with Crippen LogP contribution in [0.5, 0.6) is 0 Å². The minimum Gasteiger partial charge on any atom is -0.481 e. The third-order valence-corrected chi connectivity index (χ3v) is 5.84. The topological polar surface area (TPSA) is 60.9 Å². The number of nitrogens with zero attached hydrogens (tertiary/aromatic N) is 2. The van der Waals surface area contributed by atoms with Crippen LogP contribution in [-0.2, 0) is 11.2 Å². The summed E-state index contributed by atoms with van der Waals surface area (Å²) in [7, 11) is 0. The molecule has 0 bridgehead atoms. The second-order valence-corrected chi connectivity index (χ2v) is 6.87. The summed E-state index contributed by atoms with van der Waals surface area (Å²) in [5, 5.41) is 11.3. The SMILES string of the molecule is CC1c2ccsc2CCN1C(=O)N1CCC(C(=O)O)C1C. The molecular weight excluding hydrogens is 288 g/mol. The molecule has 0 radical (unpaired) electrons. The fraction of sp³-hybridized carbons (Fsp3) is 0.600. The second kappa shape index (κ2) is 5.33. The van der Waals surface area contributed by atoms with Crippen LogP contribution in [0.4, 0.5) is 4.79 Å². The van der Waals surface area contributed by atoms with Gasteiger partial charge in [-0.25, -0.2) is 4.79 Å². The summed E-state index contributed by atoms with van der Waals surface area (Å²) in [5.41, 5.74) is 1.24. The van der Waals surface area contributed by atoms with Gasteiger partial charge in [-0.05, 0) is 43.7 Å². The van der Waals surface area contributed by atoms with E-state index < -0.39 is 11.9 Å². The van der Waals surface area contributed by atoms with Gasteiger partial charge in [-0.3, -0.25) is 4.79 Å². The lowest BCUT2D eigenvalue weighted by atomic mass is 10.0. The molecule has 2 aliphatic rings. The first-order chi connectivity index (χ1) is 10.0. The lowest BCUT2D eigenvalue weighted by molar-refractivity contribution is -0.142. The van der Waals surface area contributed by atoms with E-state index >= 15 is 0 Å². The van der Waals surface area contributed by atoms with E-state index in [4.69, 9.17) is 0 Å². The molecule has 1 aromatic heterocycles. The van der Waals surface area contributed by atoms with Crippen molar-refractivity contribution < 1.29 is 14.7 Å². The Bertz CT molecular complexity index is 571. The van der Waals surface area contributed by atoms with Gasteiger partial charge in [0.2, 0.25) is 0 Å². The number of amides is 2. The fourth-order valence-electron chi connectivity index (χ4n) is 3.48. The highest BCUT2D eigenvalue weighted by Crippen LogP contribution is 2.35. The molecule has 1 N–H and O–H groups in total. The largest absolute Gasteiger partial charge is 0.481 e. The molecule has 5 nitrogen and oxygen atoms in total. The summed E-state index contributed by atoms with van der Waals surface area (Å²) in [4.78, 5) is 29.0. The number of aliphatic carboxylic acids is 1. The van der Waals surface area contributed by atoms with Gasteiger partial charge in [0.15, 0.2) is 0 Å². The molecule has 3 rings (SSSR count). The van der Waals surface area contributed by atoms with Crippen LogP contribution in [0, 0.1) is 5.92 Å². The molecule has 0 spiro atoms. The quantitative estimate of drug-likeness (QED) is 0.867. The normalized spacial score (nSPS) is 28.6. The molecule has 114 valence electrons. The van der Waals surface area contributed by atoms with Crippen LogP contribution in [0.15, 0.2) is 11.4 Å². The molecule has 1 aromatic rings. The van der Waals surface area contributed by atoms with Crippen LogP contribution < -0.4 is 0 Å². The Morgan fingerprint density at radius 1 is 1.29 bits per heavy atom. The van der Waals surface area contributed by atoms with Gasteiger partial charge < -0.3 is 14.9 Å². The first-order valence-corrected chi connectivity index (χ1v) is 8.25. The molecule has 6 heteroatoms. The molecule has 0 aliphatic carbocycles. The van der Waals surface area contributed by atoms with Gasteiger partial charge in [-0.1, -0.05) is 0 Å². The van der Waals surface area contributed by atoms with Crippen LogP contribution >= 0.6 is 11.3 Å². The maximum atomic E-state index is 12.8. The Hall–Kier alpha value is -1.56. The zero-order chi connectivity index (χ0) is 15.1.